The standard InChI is InChI=1S/C53H87N12O20PS2/c1-28(2)22-35(48(75)63-37(25-42(67)68)50(77)59-34(18-21-88-6)46(73)58-32(15-16-41(56)66)45(72)64-39(53(80)81)23-29(3)4)60-49(76)36(24-30-12-8-7-9-13-30)61-52(79)40(27-85-86(82,83)84)65-51(78)38(26-43(69)70)62-47(74)33(17-20-87-5)57-44(71)31(55)14-10-11-19-54/h7-9,12-13,28-29,31-40,82-84H,10-11,14-27,54-55H2,1-6H3,(H13-,56,57,58,59,60,61,62,63,64,65,66,67,68,69,70,71,72,73,74,75,76,77,78,79,80,81)/p+1/t31-,32-,33-,34-,35-,36-,37-,38-,39-,40-/m0/s1. The molecule has 0 aliphatic carbocycles. The summed E-state index contributed by atoms with van der Waals surface area (Å²) < 4.78 is 4.68. The number of thioether (sulfide) groups is 2. The first-order chi connectivity index (χ1) is 41.2. The van der Waals surface area contributed by atoms with E-state index in [1.165, 1.54) is 23.5 Å². The minimum atomic E-state index is -5.21. The molecule has 10 atom stereocenters. The zero-order valence-corrected chi connectivity index (χ0v) is 52.6. The van der Waals surface area contributed by atoms with Gasteiger partial charge in [0.2, 0.25) is 59.1 Å². The van der Waals surface area contributed by atoms with E-state index in [1.54, 1.807) is 70.5 Å². The molecule has 32 nitrogen and oxygen atoms in total. The van der Waals surface area contributed by atoms with Gasteiger partial charge in [0.15, 0.2) is 0 Å². The van der Waals surface area contributed by atoms with Gasteiger partial charge in [-0.05, 0) is 92.9 Å². The number of carboxylic acids is 3. The second-order valence-corrected chi connectivity index (χ2v) is 24.6. The molecule has 0 aliphatic heterocycles. The Labute approximate surface area is 518 Å². The molecule has 0 aromatic heterocycles. The molecule has 0 radical (unpaired) electrons. The number of carboxylic acid groups (broad SMARTS) is 3. The van der Waals surface area contributed by atoms with Gasteiger partial charge in [0.1, 0.15) is 61.0 Å². The molecular weight excluding hydrogens is 1220 g/mol. The highest BCUT2D eigenvalue weighted by molar-refractivity contribution is 7.98. The van der Waals surface area contributed by atoms with Crippen molar-refractivity contribution in [1.29, 1.82) is 0 Å². The number of rotatable bonds is 45. The predicted octanol–water partition coefficient (Wildman–Crippen LogP) is -3.38. The normalized spacial score (nSPS) is 14.8. The fourth-order valence-corrected chi connectivity index (χ4v) is 9.53. The summed E-state index contributed by atoms with van der Waals surface area (Å²) in [6, 6.07) is -8.51. The van der Waals surface area contributed by atoms with E-state index in [-0.39, 0.29) is 50.2 Å². The largest absolute Gasteiger partial charge is 0.567 e. The van der Waals surface area contributed by atoms with Gasteiger partial charge >= 0.3 is 26.1 Å². The van der Waals surface area contributed by atoms with Crippen LogP contribution in [0.2, 0.25) is 0 Å². The quantitative estimate of drug-likeness (QED) is 0.0224. The number of aliphatic carboxylic acids is 3. The van der Waals surface area contributed by atoms with Crippen LogP contribution in [0.3, 0.4) is 0 Å². The van der Waals surface area contributed by atoms with Gasteiger partial charge < -0.3 is 80.4 Å². The maximum absolute atomic E-state index is 14.5. The van der Waals surface area contributed by atoms with E-state index in [1.807, 2.05) is 0 Å². The maximum atomic E-state index is 14.5. The van der Waals surface area contributed by atoms with Crippen LogP contribution in [0.1, 0.15) is 104 Å². The van der Waals surface area contributed by atoms with Crippen molar-refractivity contribution in [2.45, 2.75) is 165 Å². The Kier molecular flexibility index (Phi) is 37.3. The van der Waals surface area contributed by atoms with Crippen LogP contribution in [0.15, 0.2) is 30.3 Å². The van der Waals surface area contributed by atoms with Crippen molar-refractivity contribution in [1.82, 2.24) is 47.9 Å². The Morgan fingerprint density at radius 1 is 0.500 bits per heavy atom. The Balaban J connectivity index is 3.70. The van der Waals surface area contributed by atoms with E-state index in [0.29, 0.717) is 30.7 Å². The summed E-state index contributed by atoms with van der Waals surface area (Å²) >= 11 is 2.52. The molecule has 0 saturated heterocycles. The van der Waals surface area contributed by atoms with Gasteiger partial charge in [-0.15, -0.1) is 0 Å². The van der Waals surface area contributed by atoms with E-state index >= 15 is 0 Å². The lowest BCUT2D eigenvalue weighted by molar-refractivity contribution is -0.143. The molecule has 0 fully saturated rings. The van der Waals surface area contributed by atoms with Crippen LogP contribution in [-0.4, -0.2) is 205 Å². The molecule has 0 saturated carbocycles. The second kappa shape index (κ2) is 41.4. The number of primary amides is 1. The number of benzene rings is 1. The molecule has 1 aromatic rings. The topological polar surface area (TPSA) is 539 Å². The minimum Gasteiger partial charge on any atom is -0.481 e. The molecule has 21 N–H and O–H groups in total. The monoisotopic (exact) mass is 1310 g/mol. The van der Waals surface area contributed by atoms with Crippen LogP contribution < -0.4 is 65.1 Å². The molecule has 0 unspecified atom stereocenters. The Hall–Kier alpha value is -6.78. The van der Waals surface area contributed by atoms with Gasteiger partial charge in [-0.25, -0.2) is 4.79 Å². The third kappa shape index (κ3) is 33.0. The van der Waals surface area contributed by atoms with Crippen LogP contribution in [-0.2, 0) is 73.3 Å². The molecule has 0 bridgehead atoms. The summed E-state index contributed by atoms with van der Waals surface area (Å²) in [6.45, 7) is 5.77. The molecule has 1 rings (SSSR count). The van der Waals surface area contributed by atoms with Gasteiger partial charge in [0.05, 0.1) is 18.9 Å². The van der Waals surface area contributed by atoms with Crippen molar-refractivity contribution in [3.05, 3.63) is 35.9 Å². The first kappa shape index (κ1) is 79.2. The summed E-state index contributed by atoms with van der Waals surface area (Å²) in [7, 11) is -5.21. The first-order valence-corrected chi connectivity index (χ1v) is 32.4. The SMILES string of the molecule is CSCC[C@H](NC(=O)[C@H](CC(=O)O)NC(=O)[C@H](CC(C)C)NC(=O)[C@H](Cc1ccccc1)NC(=O)[C@H](CO[P+](O)(O)O)NC(=O)[C@H](CC(=O)O)NC(=O)[C@H](CCSC)NC(=O)[C@@H](N)CCCCN)C(=O)N[C@@H](CCC(N)=O)C(=O)N[C@@H](CC(C)C)C(=O)O. The fourth-order valence-electron chi connectivity index (χ4n) is 8.24. The fraction of sp³-hybridized carbons (Fsp3) is 0.642. The highest BCUT2D eigenvalue weighted by Gasteiger charge is 2.40. The lowest BCUT2D eigenvalue weighted by atomic mass is 10.00. The van der Waals surface area contributed by atoms with Gasteiger partial charge in [-0.2, -0.15) is 42.7 Å². The van der Waals surface area contributed by atoms with Gasteiger partial charge in [0, 0.05) is 12.8 Å². The zero-order valence-electron chi connectivity index (χ0n) is 50.0. The molecule has 10 amide bonds. The molecule has 496 valence electrons. The number of carbonyl (C=O) groups is 13. The van der Waals surface area contributed by atoms with Crippen molar-refractivity contribution in [3.8, 4) is 0 Å². The Morgan fingerprint density at radius 2 is 0.875 bits per heavy atom. The molecule has 35 heteroatoms. The summed E-state index contributed by atoms with van der Waals surface area (Å²) in [5.74, 6) is -15.6. The van der Waals surface area contributed by atoms with Crippen LogP contribution in [0.4, 0.5) is 0 Å². The second-order valence-electron chi connectivity index (χ2n) is 21.3. The maximum Gasteiger partial charge on any atom is 0.567 e. The molecular formula is C53H88N12O20PS2+. The van der Waals surface area contributed by atoms with Crippen molar-refractivity contribution < 1.29 is 96.9 Å². The number of amides is 10. The average molecular weight is 1310 g/mol. The molecule has 0 spiro atoms. The number of nitrogens with one attached hydrogen (secondary N) is 9. The van der Waals surface area contributed by atoms with E-state index in [4.69, 9.17) is 17.2 Å². The van der Waals surface area contributed by atoms with Gasteiger partial charge in [-0.1, -0.05) is 64.4 Å². The van der Waals surface area contributed by atoms with E-state index in [0.717, 1.165) is 0 Å². The molecule has 0 aliphatic rings. The average Bonchev–Trinajstić information content (AvgIpc) is 3.03. The van der Waals surface area contributed by atoms with E-state index in [9.17, 15) is 92.3 Å². The summed E-state index contributed by atoms with van der Waals surface area (Å²) in [6.07, 6.45) is 0.856. The number of carbonyl (C=O) groups excluding carboxylic acids is 10. The van der Waals surface area contributed by atoms with E-state index in [2.05, 4.69) is 52.4 Å². The van der Waals surface area contributed by atoms with Crippen molar-refractivity contribution in [2.24, 2.45) is 29.0 Å². The third-order valence-corrected chi connectivity index (χ3v) is 14.5. The lowest BCUT2D eigenvalue weighted by Crippen LogP contribution is -2.61. The van der Waals surface area contributed by atoms with Crippen LogP contribution >= 0.6 is 31.7 Å². The zero-order chi connectivity index (χ0) is 66.8. The smallest absolute Gasteiger partial charge is 0.481 e. The Bertz CT molecular complexity index is 2500. The van der Waals surface area contributed by atoms with Crippen LogP contribution in [0, 0.1) is 11.8 Å². The van der Waals surface area contributed by atoms with Crippen molar-refractivity contribution in [2.75, 3.05) is 37.2 Å². The molecule has 0 heterocycles. The Morgan fingerprint density at radius 3 is 1.31 bits per heavy atom. The number of hydrogen-bond acceptors (Lipinski definition) is 21. The number of nitrogens with two attached hydrogens (primary N) is 3. The van der Waals surface area contributed by atoms with Crippen LogP contribution in [0.25, 0.3) is 0 Å². The number of hydrogen-bond donors (Lipinski definition) is 18. The summed E-state index contributed by atoms with van der Waals surface area (Å²) in [4.78, 5) is 202. The molecule has 88 heavy (non-hydrogen) atoms. The highest BCUT2D eigenvalue weighted by Crippen LogP contribution is 2.45. The van der Waals surface area contributed by atoms with Crippen molar-refractivity contribution >= 4 is 109 Å². The third-order valence-electron chi connectivity index (χ3n) is 12.8. The van der Waals surface area contributed by atoms with Gasteiger partial charge in [-0.3, -0.25) is 57.5 Å². The van der Waals surface area contributed by atoms with Gasteiger partial charge in [0.25, 0.3) is 0 Å². The lowest BCUT2D eigenvalue weighted by Gasteiger charge is -2.28. The number of unbranched alkanes of at least 4 members (excludes halogenated alkanes) is 1. The minimum absolute atomic E-state index is 0.000728. The van der Waals surface area contributed by atoms with Crippen molar-refractivity contribution in [3.63, 3.8) is 0 Å². The highest BCUT2D eigenvalue weighted by atomic mass is 32.2. The predicted molar refractivity (Wildman–Crippen MR) is 323 cm³/mol. The van der Waals surface area contributed by atoms with Crippen LogP contribution in [0.5, 0.6) is 0 Å². The molecule has 1 aromatic carbocycles. The first-order valence-electron chi connectivity index (χ1n) is 28.1. The summed E-state index contributed by atoms with van der Waals surface area (Å²) in [5, 5.41) is 50.6. The summed E-state index contributed by atoms with van der Waals surface area (Å²) in [5.41, 5.74) is 17.3. The van der Waals surface area contributed by atoms with E-state index < -0.39 is 184 Å².